The maximum atomic E-state index is 13.3. The molecule has 2 aromatic carbocycles. The van der Waals surface area contributed by atoms with Crippen LogP contribution < -0.4 is 9.64 Å². The first kappa shape index (κ1) is 20.1. The lowest BCUT2D eigenvalue weighted by Gasteiger charge is -2.19. The van der Waals surface area contributed by atoms with Crippen molar-refractivity contribution in [2.45, 2.75) is 11.4 Å². The Hall–Kier alpha value is -3.17. The quantitative estimate of drug-likeness (QED) is 0.446. The molecule has 0 saturated carbocycles. The second kappa shape index (κ2) is 7.92. The predicted molar refractivity (Wildman–Crippen MR) is 115 cm³/mol. The highest BCUT2D eigenvalue weighted by molar-refractivity contribution is 7.90. The Labute approximate surface area is 177 Å². The number of anilines is 1. The van der Waals surface area contributed by atoms with Gasteiger partial charge in [-0.25, -0.2) is 13.4 Å². The molecule has 0 bridgehead atoms. The minimum absolute atomic E-state index is 0.182. The lowest BCUT2D eigenvalue weighted by Crippen LogP contribution is -2.30. The Bertz CT molecular complexity index is 1310. The van der Waals surface area contributed by atoms with Gasteiger partial charge in [0.05, 0.1) is 35.0 Å². The van der Waals surface area contributed by atoms with Crippen molar-refractivity contribution in [2.75, 3.05) is 18.3 Å². The van der Waals surface area contributed by atoms with Crippen LogP contribution >= 0.6 is 11.3 Å². The number of carbonyl (C=O) groups excluding carboxylic acids is 1. The van der Waals surface area contributed by atoms with Gasteiger partial charge >= 0.3 is 0 Å². The van der Waals surface area contributed by atoms with Crippen molar-refractivity contribution >= 4 is 42.4 Å². The summed E-state index contributed by atoms with van der Waals surface area (Å²) < 4.78 is 35.1. The third kappa shape index (κ3) is 4.07. The number of aromatic nitrogens is 1. The first-order valence-corrected chi connectivity index (χ1v) is 11.6. The lowest BCUT2D eigenvalue weighted by molar-refractivity contribution is 0.0983. The number of furan rings is 1. The topological polar surface area (TPSA) is 89.7 Å². The standard InChI is InChI=1S/C21H18N2O5S2/c1-27-15-6-3-5-14(11-15)20(24)23(13-16-7-4-10-28-16)21-22-18-9-8-17(30(2,25)26)12-19(18)29-21/h3-12H,13H2,1-2H3. The highest BCUT2D eigenvalue weighted by atomic mass is 32.2. The van der Waals surface area contributed by atoms with E-state index in [9.17, 15) is 13.2 Å². The zero-order valence-electron chi connectivity index (χ0n) is 16.2. The molecule has 0 radical (unpaired) electrons. The smallest absolute Gasteiger partial charge is 0.260 e. The number of benzene rings is 2. The molecule has 0 aliphatic heterocycles. The van der Waals surface area contributed by atoms with Gasteiger partial charge in [0.2, 0.25) is 0 Å². The van der Waals surface area contributed by atoms with Crippen molar-refractivity contribution in [3.8, 4) is 5.75 Å². The van der Waals surface area contributed by atoms with Gasteiger partial charge in [-0.1, -0.05) is 17.4 Å². The minimum Gasteiger partial charge on any atom is -0.497 e. The zero-order valence-corrected chi connectivity index (χ0v) is 17.9. The summed E-state index contributed by atoms with van der Waals surface area (Å²) in [5, 5.41) is 0.444. The van der Waals surface area contributed by atoms with Crippen LogP contribution in [-0.4, -0.2) is 32.7 Å². The first-order valence-electron chi connectivity index (χ1n) is 8.94. The number of thiazole rings is 1. The van der Waals surface area contributed by atoms with Crippen LogP contribution in [0.5, 0.6) is 5.75 Å². The van der Waals surface area contributed by atoms with Crippen LogP contribution in [0.15, 0.2) is 70.2 Å². The van der Waals surface area contributed by atoms with E-state index >= 15 is 0 Å². The second-order valence-electron chi connectivity index (χ2n) is 6.60. The highest BCUT2D eigenvalue weighted by Crippen LogP contribution is 2.32. The molecule has 0 spiro atoms. The number of methoxy groups -OCH3 is 1. The second-order valence-corrected chi connectivity index (χ2v) is 9.63. The molecule has 0 saturated heterocycles. The number of fused-ring (bicyclic) bond motifs is 1. The van der Waals surface area contributed by atoms with Crippen molar-refractivity contribution in [3.05, 3.63) is 72.2 Å². The van der Waals surface area contributed by atoms with Gasteiger partial charge in [0, 0.05) is 11.8 Å². The van der Waals surface area contributed by atoms with E-state index in [1.54, 1.807) is 54.8 Å². The Morgan fingerprint density at radius 3 is 2.70 bits per heavy atom. The van der Waals surface area contributed by atoms with Crippen molar-refractivity contribution in [2.24, 2.45) is 0 Å². The molecule has 154 valence electrons. The largest absolute Gasteiger partial charge is 0.497 e. The van der Waals surface area contributed by atoms with Gasteiger partial charge in [-0.05, 0) is 48.5 Å². The van der Waals surface area contributed by atoms with Crippen molar-refractivity contribution in [1.29, 1.82) is 0 Å². The maximum absolute atomic E-state index is 13.3. The Kier molecular flexibility index (Phi) is 5.31. The molecule has 30 heavy (non-hydrogen) atoms. The molecule has 4 aromatic rings. The van der Waals surface area contributed by atoms with Gasteiger partial charge in [0.1, 0.15) is 11.5 Å². The van der Waals surface area contributed by atoms with E-state index in [0.29, 0.717) is 32.4 Å². The minimum atomic E-state index is -3.34. The molecule has 0 N–H and O–H groups in total. The zero-order chi connectivity index (χ0) is 21.3. The molecule has 0 aliphatic rings. The fraction of sp³-hybridized carbons (Fsp3) is 0.143. The number of hydrogen-bond donors (Lipinski definition) is 0. The molecule has 7 nitrogen and oxygen atoms in total. The van der Waals surface area contributed by atoms with E-state index in [4.69, 9.17) is 9.15 Å². The summed E-state index contributed by atoms with van der Waals surface area (Å²) in [6.45, 7) is 0.182. The number of amides is 1. The molecular weight excluding hydrogens is 424 g/mol. The van der Waals surface area contributed by atoms with Crippen LogP contribution in [-0.2, 0) is 16.4 Å². The normalized spacial score (nSPS) is 11.5. The fourth-order valence-electron chi connectivity index (χ4n) is 2.94. The van der Waals surface area contributed by atoms with Crippen molar-refractivity contribution < 1.29 is 22.4 Å². The number of hydrogen-bond acceptors (Lipinski definition) is 7. The number of nitrogens with zero attached hydrogens (tertiary/aromatic N) is 2. The average molecular weight is 443 g/mol. The summed E-state index contributed by atoms with van der Waals surface area (Å²) in [5.74, 6) is 0.899. The fourth-order valence-corrected chi connectivity index (χ4v) is 4.66. The van der Waals surface area contributed by atoms with Gasteiger partial charge < -0.3 is 9.15 Å². The van der Waals surface area contributed by atoms with Gasteiger partial charge in [-0.2, -0.15) is 0 Å². The molecule has 0 atom stereocenters. The Morgan fingerprint density at radius 2 is 2.00 bits per heavy atom. The van der Waals surface area contributed by atoms with Gasteiger partial charge in [-0.3, -0.25) is 9.69 Å². The van der Waals surface area contributed by atoms with Crippen LogP contribution in [0.3, 0.4) is 0 Å². The molecular formula is C21H18N2O5S2. The summed E-state index contributed by atoms with van der Waals surface area (Å²) >= 11 is 1.25. The van der Waals surface area contributed by atoms with E-state index in [-0.39, 0.29) is 17.3 Å². The van der Waals surface area contributed by atoms with Gasteiger partial charge in [0.15, 0.2) is 15.0 Å². The maximum Gasteiger partial charge on any atom is 0.260 e. The third-order valence-corrected chi connectivity index (χ3v) is 6.61. The molecule has 4 rings (SSSR count). The number of rotatable bonds is 6. The van der Waals surface area contributed by atoms with Crippen LogP contribution in [0.4, 0.5) is 5.13 Å². The number of ether oxygens (including phenoxy) is 1. The predicted octanol–water partition coefficient (Wildman–Crippen LogP) is 4.15. The molecule has 9 heteroatoms. The monoisotopic (exact) mass is 442 g/mol. The molecule has 0 fully saturated rings. The van der Waals surface area contributed by atoms with E-state index < -0.39 is 9.84 Å². The average Bonchev–Trinajstić information content (AvgIpc) is 3.39. The SMILES string of the molecule is COc1cccc(C(=O)N(Cc2ccco2)c2nc3ccc(S(C)(=O)=O)cc3s2)c1. The summed E-state index contributed by atoms with van der Waals surface area (Å²) in [7, 11) is -1.81. The summed E-state index contributed by atoms with van der Waals surface area (Å²) in [6.07, 6.45) is 2.70. The molecule has 2 heterocycles. The molecule has 0 aliphatic carbocycles. The van der Waals surface area contributed by atoms with E-state index in [1.165, 1.54) is 29.4 Å². The Morgan fingerprint density at radius 1 is 1.17 bits per heavy atom. The highest BCUT2D eigenvalue weighted by Gasteiger charge is 2.23. The number of sulfone groups is 1. The molecule has 0 unspecified atom stereocenters. The van der Waals surface area contributed by atoms with Crippen LogP contribution in [0, 0.1) is 0 Å². The van der Waals surface area contributed by atoms with E-state index in [2.05, 4.69) is 4.98 Å². The Balaban J connectivity index is 1.78. The van der Waals surface area contributed by atoms with E-state index in [0.717, 1.165) is 6.26 Å². The van der Waals surface area contributed by atoms with Crippen LogP contribution in [0.25, 0.3) is 10.2 Å². The lowest BCUT2D eigenvalue weighted by atomic mass is 10.2. The van der Waals surface area contributed by atoms with Gasteiger partial charge in [0.25, 0.3) is 5.91 Å². The summed E-state index contributed by atoms with van der Waals surface area (Å²) in [5.41, 5.74) is 1.06. The third-order valence-electron chi connectivity index (χ3n) is 4.46. The number of carbonyl (C=O) groups is 1. The van der Waals surface area contributed by atoms with Crippen LogP contribution in [0.1, 0.15) is 16.1 Å². The first-order chi connectivity index (χ1) is 14.3. The van der Waals surface area contributed by atoms with Crippen molar-refractivity contribution in [3.63, 3.8) is 0 Å². The summed E-state index contributed by atoms with van der Waals surface area (Å²) in [6, 6.07) is 15.1. The summed E-state index contributed by atoms with van der Waals surface area (Å²) in [4.78, 5) is 19.6. The molecule has 1 amide bonds. The molecule has 2 aromatic heterocycles. The van der Waals surface area contributed by atoms with Gasteiger partial charge in [-0.15, -0.1) is 0 Å². The van der Waals surface area contributed by atoms with Crippen molar-refractivity contribution in [1.82, 2.24) is 4.98 Å². The van der Waals surface area contributed by atoms with Crippen LogP contribution in [0.2, 0.25) is 0 Å². The van der Waals surface area contributed by atoms with E-state index in [1.807, 2.05) is 0 Å².